The van der Waals surface area contributed by atoms with Gasteiger partial charge in [0.15, 0.2) is 0 Å². The molecule has 0 saturated carbocycles. The summed E-state index contributed by atoms with van der Waals surface area (Å²) in [5, 5.41) is -0.0934. The van der Waals surface area contributed by atoms with Crippen molar-refractivity contribution < 1.29 is 17.6 Å². The zero-order chi connectivity index (χ0) is 14.2. The number of carbonyl (C=O) groups is 1. The average Bonchev–Trinajstić information content (AvgIpc) is 2.71. The molecule has 104 valence electrons. The number of anilines is 1. The number of likely N-dealkylation sites (N-methyl/N-ethyl adjacent to an activating group) is 1. The summed E-state index contributed by atoms with van der Waals surface area (Å²) in [6, 6.07) is 3.10. The maximum Gasteiger partial charge on any atom is 0.244 e. The number of nitrogens with one attached hydrogen (secondary N) is 1. The smallest absolute Gasteiger partial charge is 0.244 e. The molecule has 0 radical (unpaired) electrons. The lowest BCUT2D eigenvalue weighted by atomic mass is 10.2. The highest BCUT2D eigenvalue weighted by molar-refractivity contribution is 7.89. The van der Waals surface area contributed by atoms with Gasteiger partial charge in [-0.1, -0.05) is 11.6 Å². The molecule has 0 aromatic heterocycles. The summed E-state index contributed by atoms with van der Waals surface area (Å²) in [4.78, 5) is 13.3. The Labute approximate surface area is 115 Å². The highest BCUT2D eigenvalue weighted by Crippen LogP contribution is 2.23. The van der Waals surface area contributed by atoms with Crippen LogP contribution in [0.15, 0.2) is 18.2 Å². The number of halogens is 2. The molecule has 1 amide bonds. The Morgan fingerprint density at radius 3 is 2.74 bits per heavy atom. The van der Waals surface area contributed by atoms with E-state index in [1.165, 1.54) is 24.1 Å². The lowest BCUT2D eigenvalue weighted by Gasteiger charge is -2.20. The van der Waals surface area contributed by atoms with Crippen LogP contribution in [-0.2, 0) is 14.8 Å². The molecular formula is C11H12ClFN2O3S. The summed E-state index contributed by atoms with van der Waals surface area (Å²) in [6.45, 7) is 0. The van der Waals surface area contributed by atoms with Crippen LogP contribution in [0.25, 0.3) is 0 Å². The minimum atomic E-state index is -3.35. The van der Waals surface area contributed by atoms with Gasteiger partial charge in [-0.3, -0.25) is 4.79 Å². The summed E-state index contributed by atoms with van der Waals surface area (Å²) in [7, 11) is -1.87. The largest absolute Gasteiger partial charge is 0.314 e. The van der Waals surface area contributed by atoms with Gasteiger partial charge in [-0.2, -0.15) is 0 Å². The molecule has 1 heterocycles. The standard InChI is InChI=1S/C11H12ClFN2O3S/c1-15(7-2-3-9(13)8(12)6-7)11(16)10-4-5-19(17,18)14-10/h2-3,6,10,14H,4-5H2,1H3. The predicted molar refractivity (Wildman–Crippen MR) is 70.1 cm³/mol. The van der Waals surface area contributed by atoms with Gasteiger partial charge in [0.25, 0.3) is 0 Å². The molecule has 1 unspecified atom stereocenters. The van der Waals surface area contributed by atoms with Crippen molar-refractivity contribution >= 4 is 33.2 Å². The van der Waals surface area contributed by atoms with Crippen LogP contribution in [0.4, 0.5) is 10.1 Å². The van der Waals surface area contributed by atoms with E-state index in [2.05, 4.69) is 4.72 Å². The predicted octanol–water partition coefficient (Wildman–Crippen LogP) is 1.13. The molecule has 0 aliphatic carbocycles. The molecule has 1 saturated heterocycles. The Bertz CT molecular complexity index is 620. The van der Waals surface area contributed by atoms with Crippen molar-refractivity contribution in [1.82, 2.24) is 4.72 Å². The van der Waals surface area contributed by atoms with Crippen molar-refractivity contribution in [1.29, 1.82) is 0 Å². The maximum atomic E-state index is 13.0. The van der Waals surface area contributed by atoms with E-state index in [0.29, 0.717) is 5.69 Å². The lowest BCUT2D eigenvalue weighted by Crippen LogP contribution is -2.42. The van der Waals surface area contributed by atoms with Crippen molar-refractivity contribution in [3.8, 4) is 0 Å². The van der Waals surface area contributed by atoms with E-state index in [-0.39, 0.29) is 17.2 Å². The van der Waals surface area contributed by atoms with Crippen molar-refractivity contribution in [2.45, 2.75) is 12.5 Å². The summed E-state index contributed by atoms with van der Waals surface area (Å²) in [5.74, 6) is -1.04. The van der Waals surface area contributed by atoms with Crippen LogP contribution in [0.5, 0.6) is 0 Å². The maximum absolute atomic E-state index is 13.0. The van der Waals surface area contributed by atoms with Crippen molar-refractivity contribution in [3.05, 3.63) is 29.0 Å². The fourth-order valence-electron chi connectivity index (χ4n) is 1.84. The molecule has 8 heteroatoms. The normalized spacial score (nSPS) is 21.3. The van der Waals surface area contributed by atoms with Gasteiger partial charge in [0.05, 0.1) is 10.8 Å². The minimum Gasteiger partial charge on any atom is -0.314 e. The van der Waals surface area contributed by atoms with Crippen LogP contribution >= 0.6 is 11.6 Å². The second kappa shape index (κ2) is 5.07. The first-order valence-electron chi connectivity index (χ1n) is 5.53. The van der Waals surface area contributed by atoms with Crippen LogP contribution in [0.2, 0.25) is 5.02 Å². The van der Waals surface area contributed by atoms with Crippen molar-refractivity contribution in [3.63, 3.8) is 0 Å². The Hall–Kier alpha value is -1.18. The van der Waals surface area contributed by atoms with Crippen LogP contribution in [0, 0.1) is 5.82 Å². The fourth-order valence-corrected chi connectivity index (χ4v) is 3.33. The third-order valence-corrected chi connectivity index (χ3v) is 4.62. The molecule has 1 atom stereocenters. The quantitative estimate of drug-likeness (QED) is 0.891. The van der Waals surface area contributed by atoms with Gasteiger partial charge in [0.1, 0.15) is 11.9 Å². The first-order valence-corrected chi connectivity index (χ1v) is 7.56. The SMILES string of the molecule is CN(C(=O)C1CCS(=O)(=O)N1)c1ccc(F)c(Cl)c1. The Balaban J connectivity index is 2.17. The lowest BCUT2D eigenvalue weighted by molar-refractivity contribution is -0.119. The zero-order valence-corrected chi connectivity index (χ0v) is 11.6. The molecule has 2 rings (SSSR count). The topological polar surface area (TPSA) is 66.5 Å². The van der Waals surface area contributed by atoms with E-state index in [4.69, 9.17) is 11.6 Å². The molecule has 5 nitrogen and oxygen atoms in total. The third kappa shape index (κ3) is 3.05. The second-order valence-corrected chi connectivity index (χ2v) is 6.55. The van der Waals surface area contributed by atoms with Crippen molar-refractivity contribution in [2.24, 2.45) is 0 Å². The van der Waals surface area contributed by atoms with Gasteiger partial charge >= 0.3 is 0 Å². The molecule has 19 heavy (non-hydrogen) atoms. The van der Waals surface area contributed by atoms with Crippen LogP contribution in [-0.4, -0.2) is 33.2 Å². The summed E-state index contributed by atoms with van der Waals surface area (Å²) < 4.78 is 37.8. The fraction of sp³-hybridized carbons (Fsp3) is 0.364. The Morgan fingerprint density at radius 1 is 1.53 bits per heavy atom. The first kappa shape index (κ1) is 14.2. The average molecular weight is 307 g/mol. The Kier molecular flexibility index (Phi) is 3.80. The number of sulfonamides is 1. The highest BCUT2D eigenvalue weighted by atomic mass is 35.5. The van der Waals surface area contributed by atoms with Gasteiger partial charge in [-0.25, -0.2) is 17.5 Å². The van der Waals surface area contributed by atoms with Crippen molar-refractivity contribution in [2.75, 3.05) is 17.7 Å². The number of hydrogen-bond acceptors (Lipinski definition) is 3. The Morgan fingerprint density at radius 2 is 2.21 bits per heavy atom. The summed E-state index contributed by atoms with van der Waals surface area (Å²) in [6.07, 6.45) is 0.223. The second-order valence-electron chi connectivity index (χ2n) is 4.27. The van der Waals surface area contributed by atoms with E-state index < -0.39 is 27.8 Å². The van der Waals surface area contributed by atoms with Gasteiger partial charge in [-0.05, 0) is 24.6 Å². The summed E-state index contributed by atoms with van der Waals surface area (Å²) >= 11 is 5.64. The molecule has 1 fully saturated rings. The van der Waals surface area contributed by atoms with Crippen LogP contribution in [0.3, 0.4) is 0 Å². The third-order valence-electron chi connectivity index (χ3n) is 2.92. The summed E-state index contributed by atoms with van der Waals surface area (Å²) in [5.41, 5.74) is 0.405. The van der Waals surface area contributed by atoms with E-state index >= 15 is 0 Å². The number of rotatable bonds is 2. The van der Waals surface area contributed by atoms with E-state index in [1.807, 2.05) is 0 Å². The molecule has 1 aromatic rings. The minimum absolute atomic E-state index is 0.0680. The number of amides is 1. The van der Waals surface area contributed by atoms with Gasteiger partial charge in [-0.15, -0.1) is 0 Å². The van der Waals surface area contributed by atoms with Gasteiger partial charge < -0.3 is 4.90 Å². The molecule has 1 aliphatic rings. The zero-order valence-electron chi connectivity index (χ0n) is 10.1. The molecular weight excluding hydrogens is 295 g/mol. The molecule has 0 spiro atoms. The van der Waals surface area contributed by atoms with Crippen LogP contribution < -0.4 is 9.62 Å². The number of benzene rings is 1. The molecule has 1 N–H and O–H groups in total. The monoisotopic (exact) mass is 306 g/mol. The number of nitrogens with zero attached hydrogens (tertiary/aromatic N) is 1. The first-order chi connectivity index (χ1) is 8.80. The van der Waals surface area contributed by atoms with E-state index in [1.54, 1.807) is 0 Å². The molecule has 1 aromatic carbocycles. The molecule has 1 aliphatic heterocycles. The number of carbonyl (C=O) groups excluding carboxylic acids is 1. The molecule has 0 bridgehead atoms. The number of hydrogen-bond donors (Lipinski definition) is 1. The highest BCUT2D eigenvalue weighted by Gasteiger charge is 2.34. The van der Waals surface area contributed by atoms with E-state index in [9.17, 15) is 17.6 Å². The van der Waals surface area contributed by atoms with Crippen LogP contribution in [0.1, 0.15) is 6.42 Å². The van der Waals surface area contributed by atoms with Gasteiger partial charge in [0, 0.05) is 12.7 Å². The van der Waals surface area contributed by atoms with E-state index in [0.717, 1.165) is 6.07 Å². The van der Waals surface area contributed by atoms with Gasteiger partial charge in [0.2, 0.25) is 15.9 Å².